The Bertz CT molecular complexity index is 562. The Balaban J connectivity index is 2.48. The highest BCUT2D eigenvalue weighted by molar-refractivity contribution is 6.13. The van der Waals surface area contributed by atoms with Crippen LogP contribution in [-0.2, 0) is 12.7 Å². The summed E-state index contributed by atoms with van der Waals surface area (Å²) >= 11 is 5.31. The largest absolute Gasteiger partial charge is 0.435 e. The summed E-state index contributed by atoms with van der Waals surface area (Å²) in [6.45, 7) is -0.0119. The minimum atomic E-state index is -4.55. The van der Waals surface area contributed by atoms with Gasteiger partial charge in [-0.25, -0.2) is 13.9 Å². The molecule has 0 aliphatic heterocycles. The SMILES string of the molecule is Fc1ccc(-n2nc(C(F)(F)F)cc2CNCl)cc1. The monoisotopic (exact) mass is 293 g/mol. The summed E-state index contributed by atoms with van der Waals surface area (Å²) in [4.78, 5) is 2.24. The van der Waals surface area contributed by atoms with E-state index in [0.717, 1.165) is 22.9 Å². The number of benzene rings is 1. The Hall–Kier alpha value is -1.60. The maximum atomic E-state index is 12.8. The van der Waals surface area contributed by atoms with E-state index in [2.05, 4.69) is 9.93 Å². The molecule has 0 amide bonds. The van der Waals surface area contributed by atoms with Crippen LogP contribution in [-0.4, -0.2) is 9.78 Å². The molecule has 2 aromatic rings. The number of nitrogens with zero attached hydrogens (tertiary/aromatic N) is 2. The zero-order valence-electron chi connectivity index (χ0n) is 9.38. The second-order valence-corrected chi connectivity index (χ2v) is 3.98. The fourth-order valence-corrected chi connectivity index (χ4v) is 1.70. The van der Waals surface area contributed by atoms with Crippen molar-refractivity contribution in [1.29, 1.82) is 0 Å². The number of hydrogen-bond acceptors (Lipinski definition) is 2. The van der Waals surface area contributed by atoms with E-state index in [0.29, 0.717) is 5.69 Å². The Labute approximate surface area is 110 Å². The number of hydrogen-bond donors (Lipinski definition) is 1. The van der Waals surface area contributed by atoms with Gasteiger partial charge in [-0.1, -0.05) is 0 Å². The molecule has 0 spiro atoms. The van der Waals surface area contributed by atoms with Crippen LogP contribution in [0.2, 0.25) is 0 Å². The molecule has 0 unspecified atom stereocenters. The maximum Gasteiger partial charge on any atom is 0.435 e. The Morgan fingerprint density at radius 2 is 1.84 bits per heavy atom. The number of nitrogens with one attached hydrogen (secondary N) is 1. The third-order valence-electron chi connectivity index (χ3n) is 2.39. The molecule has 0 saturated carbocycles. The maximum absolute atomic E-state index is 12.8. The van der Waals surface area contributed by atoms with Crippen LogP contribution in [0.5, 0.6) is 0 Å². The van der Waals surface area contributed by atoms with Crippen LogP contribution in [0.4, 0.5) is 17.6 Å². The third-order valence-corrected chi connectivity index (χ3v) is 2.53. The van der Waals surface area contributed by atoms with Crippen molar-refractivity contribution in [3.63, 3.8) is 0 Å². The van der Waals surface area contributed by atoms with Crippen molar-refractivity contribution in [2.24, 2.45) is 0 Å². The fourth-order valence-electron chi connectivity index (χ4n) is 1.56. The summed E-state index contributed by atoms with van der Waals surface area (Å²) in [5.74, 6) is -0.482. The molecule has 3 nitrogen and oxygen atoms in total. The van der Waals surface area contributed by atoms with Crippen LogP contribution in [0.15, 0.2) is 30.3 Å². The highest BCUT2D eigenvalue weighted by Crippen LogP contribution is 2.29. The van der Waals surface area contributed by atoms with Crippen molar-refractivity contribution in [3.8, 4) is 5.69 Å². The van der Waals surface area contributed by atoms with E-state index in [9.17, 15) is 17.6 Å². The van der Waals surface area contributed by atoms with Gasteiger partial charge in [-0.2, -0.15) is 18.3 Å². The van der Waals surface area contributed by atoms with E-state index in [1.165, 1.54) is 12.1 Å². The van der Waals surface area contributed by atoms with Gasteiger partial charge >= 0.3 is 6.18 Å². The lowest BCUT2D eigenvalue weighted by Crippen LogP contribution is -2.09. The lowest BCUT2D eigenvalue weighted by Gasteiger charge is -2.06. The van der Waals surface area contributed by atoms with Crippen molar-refractivity contribution in [2.75, 3.05) is 0 Å². The van der Waals surface area contributed by atoms with E-state index in [1.807, 2.05) is 0 Å². The topological polar surface area (TPSA) is 29.9 Å². The zero-order chi connectivity index (χ0) is 14.0. The molecular formula is C11H8ClF4N3. The molecule has 0 atom stereocenters. The van der Waals surface area contributed by atoms with Crippen LogP contribution in [0.25, 0.3) is 5.69 Å². The van der Waals surface area contributed by atoms with Crippen LogP contribution in [0.1, 0.15) is 11.4 Å². The molecule has 0 fully saturated rings. The average Bonchev–Trinajstić information content (AvgIpc) is 2.74. The van der Waals surface area contributed by atoms with Gasteiger partial charge in [0.05, 0.1) is 17.9 Å². The molecule has 0 radical (unpaired) electrons. The number of halogens is 5. The summed E-state index contributed by atoms with van der Waals surface area (Å²) in [6.07, 6.45) is -4.55. The van der Waals surface area contributed by atoms with Gasteiger partial charge in [-0.05, 0) is 42.1 Å². The average molecular weight is 294 g/mol. The minimum absolute atomic E-state index is 0.0119. The third kappa shape index (κ3) is 3.05. The highest BCUT2D eigenvalue weighted by atomic mass is 35.5. The summed E-state index contributed by atoms with van der Waals surface area (Å²) in [5.41, 5.74) is -0.494. The number of aromatic nitrogens is 2. The van der Waals surface area contributed by atoms with Crippen molar-refractivity contribution >= 4 is 11.8 Å². The molecular weight excluding hydrogens is 286 g/mol. The van der Waals surface area contributed by atoms with E-state index in [4.69, 9.17) is 11.8 Å². The zero-order valence-corrected chi connectivity index (χ0v) is 10.1. The molecule has 102 valence electrons. The lowest BCUT2D eigenvalue weighted by atomic mass is 10.3. The van der Waals surface area contributed by atoms with E-state index < -0.39 is 17.7 Å². The standard InChI is InChI=1S/C11H8ClF4N3/c12-17-6-9-5-10(11(14,15)16)18-19(9)8-3-1-7(13)2-4-8/h1-5,17H,6H2. The quantitative estimate of drug-likeness (QED) is 0.695. The smallest absolute Gasteiger partial charge is 0.236 e. The number of rotatable bonds is 3. The van der Waals surface area contributed by atoms with Crippen LogP contribution < -0.4 is 4.84 Å². The molecule has 0 aliphatic rings. The first-order chi connectivity index (χ1) is 8.91. The predicted octanol–water partition coefficient (Wildman–Crippen LogP) is 3.27. The summed E-state index contributed by atoms with van der Waals surface area (Å²) in [7, 11) is 0. The van der Waals surface area contributed by atoms with Gasteiger partial charge in [0.2, 0.25) is 0 Å². The summed E-state index contributed by atoms with van der Waals surface area (Å²) < 4.78 is 51.7. The first-order valence-corrected chi connectivity index (χ1v) is 5.55. The van der Waals surface area contributed by atoms with Gasteiger partial charge in [0.25, 0.3) is 0 Å². The molecule has 1 heterocycles. The molecule has 0 saturated heterocycles. The Morgan fingerprint density at radius 3 is 2.37 bits per heavy atom. The molecule has 2 rings (SSSR count). The molecule has 1 aromatic carbocycles. The fraction of sp³-hybridized carbons (Fsp3) is 0.182. The lowest BCUT2D eigenvalue weighted by molar-refractivity contribution is -0.141. The molecule has 1 aromatic heterocycles. The first-order valence-electron chi connectivity index (χ1n) is 5.17. The summed E-state index contributed by atoms with van der Waals surface area (Å²) in [5, 5.41) is 3.47. The molecule has 1 N–H and O–H groups in total. The van der Waals surface area contributed by atoms with Crippen molar-refractivity contribution in [2.45, 2.75) is 12.7 Å². The second-order valence-electron chi connectivity index (χ2n) is 3.72. The Kier molecular flexibility index (Phi) is 3.77. The van der Waals surface area contributed by atoms with Crippen LogP contribution >= 0.6 is 11.8 Å². The molecule has 0 aliphatic carbocycles. The van der Waals surface area contributed by atoms with Crippen LogP contribution in [0, 0.1) is 5.82 Å². The van der Waals surface area contributed by atoms with E-state index in [-0.39, 0.29) is 12.2 Å². The second kappa shape index (κ2) is 5.18. The van der Waals surface area contributed by atoms with Gasteiger partial charge in [0, 0.05) is 0 Å². The first kappa shape index (κ1) is 13.8. The van der Waals surface area contributed by atoms with Crippen molar-refractivity contribution < 1.29 is 17.6 Å². The van der Waals surface area contributed by atoms with E-state index in [1.54, 1.807) is 0 Å². The predicted molar refractivity (Wildman–Crippen MR) is 61.2 cm³/mol. The van der Waals surface area contributed by atoms with E-state index >= 15 is 0 Å². The van der Waals surface area contributed by atoms with Gasteiger partial charge in [-0.15, -0.1) is 0 Å². The molecule has 19 heavy (non-hydrogen) atoms. The summed E-state index contributed by atoms with van der Waals surface area (Å²) in [6, 6.07) is 5.84. The van der Waals surface area contributed by atoms with Gasteiger partial charge < -0.3 is 0 Å². The van der Waals surface area contributed by atoms with Crippen molar-refractivity contribution in [1.82, 2.24) is 14.6 Å². The van der Waals surface area contributed by atoms with Gasteiger partial charge in [0.15, 0.2) is 5.69 Å². The minimum Gasteiger partial charge on any atom is -0.236 e. The van der Waals surface area contributed by atoms with Gasteiger partial charge in [-0.3, -0.25) is 0 Å². The Morgan fingerprint density at radius 1 is 1.21 bits per heavy atom. The number of alkyl halides is 3. The van der Waals surface area contributed by atoms with Crippen molar-refractivity contribution in [3.05, 3.63) is 47.5 Å². The van der Waals surface area contributed by atoms with Crippen LogP contribution in [0.3, 0.4) is 0 Å². The van der Waals surface area contributed by atoms with Gasteiger partial charge in [0.1, 0.15) is 5.82 Å². The normalized spacial score (nSPS) is 11.8. The molecule has 8 heteroatoms. The molecule has 0 bridgehead atoms. The highest BCUT2D eigenvalue weighted by Gasteiger charge is 2.35.